The predicted octanol–water partition coefficient (Wildman–Crippen LogP) is 4.01. The van der Waals surface area contributed by atoms with Crippen LogP contribution in [0.5, 0.6) is 0 Å². The van der Waals surface area contributed by atoms with E-state index >= 15 is 0 Å². The monoisotopic (exact) mass is 202 g/mol. The van der Waals surface area contributed by atoms with Crippen molar-refractivity contribution in [1.82, 2.24) is 0 Å². The second kappa shape index (κ2) is 4.34. The van der Waals surface area contributed by atoms with Gasteiger partial charge in [-0.3, -0.25) is 0 Å². The molecule has 0 N–H and O–H groups in total. The number of hydrogen-bond acceptors (Lipinski definition) is 0. The van der Waals surface area contributed by atoms with Gasteiger partial charge in [0.25, 0.3) is 0 Å². The molecular weight excluding hydrogens is 188 g/mol. The minimum atomic E-state index is -0.123. The maximum atomic E-state index is 2.29. The molecule has 0 radical (unpaired) electrons. The number of allylic oxidation sites excluding steroid dienone is 2. The van der Waals surface area contributed by atoms with Crippen LogP contribution < -0.4 is 0 Å². The minimum absolute atomic E-state index is 0.123. The Hall–Kier alpha value is -1.21. The maximum absolute atomic E-state index is 2.29. The summed E-state index contributed by atoms with van der Waals surface area (Å²) in [6.07, 6.45) is 6.46. The molecule has 0 saturated heterocycles. The van der Waals surface area contributed by atoms with Crippen LogP contribution in [0.15, 0.2) is 52.6 Å². The normalized spacial score (nSPS) is 17.1. The van der Waals surface area contributed by atoms with E-state index in [1.54, 1.807) is 0 Å². The zero-order valence-electron chi connectivity index (χ0n) is 8.22. The van der Waals surface area contributed by atoms with Crippen molar-refractivity contribution in [3.63, 3.8) is 0 Å². The summed E-state index contributed by atoms with van der Waals surface area (Å²) in [5, 5.41) is 6.80. The van der Waals surface area contributed by atoms with Crippen molar-refractivity contribution in [1.29, 1.82) is 0 Å². The Balaban J connectivity index is 2.14. The largest absolute Gasteiger partial charge is 0.193 e. The molecule has 1 aliphatic rings. The lowest BCUT2D eigenvalue weighted by molar-refractivity contribution is 1.45. The summed E-state index contributed by atoms with van der Waals surface area (Å²) in [6.45, 7) is 2.15. The zero-order chi connectivity index (χ0) is 9.80. The highest BCUT2D eigenvalue weighted by Crippen LogP contribution is 2.34. The van der Waals surface area contributed by atoms with Crippen LogP contribution in [-0.4, -0.2) is 0 Å². The molecule has 14 heavy (non-hydrogen) atoms. The van der Waals surface area contributed by atoms with Gasteiger partial charge in [0.15, 0.2) is 0 Å². The average Bonchev–Trinajstić information content (AvgIpc) is 2.69. The van der Waals surface area contributed by atoms with Gasteiger partial charge < -0.3 is 0 Å². The molecule has 1 heterocycles. The van der Waals surface area contributed by atoms with Gasteiger partial charge in [0.2, 0.25) is 0 Å². The summed E-state index contributed by atoms with van der Waals surface area (Å²) in [6, 6.07) is 8.46. The minimum Gasteiger partial charge on any atom is -0.193 e. The van der Waals surface area contributed by atoms with Crippen LogP contribution in [0, 0.1) is 6.92 Å². The highest BCUT2D eigenvalue weighted by molar-refractivity contribution is 8.24. The topological polar surface area (TPSA) is 0 Å². The molecule has 2 rings (SSSR count). The molecule has 0 saturated carbocycles. The summed E-state index contributed by atoms with van der Waals surface area (Å²) in [5.41, 5.74) is 2.66. The van der Waals surface area contributed by atoms with Crippen molar-refractivity contribution in [2.75, 3.05) is 0 Å². The predicted molar refractivity (Wildman–Crippen MR) is 67.5 cm³/mol. The molecule has 1 heteroatoms. The molecule has 1 aromatic rings. The Labute approximate surface area is 88.0 Å². The average molecular weight is 202 g/mol. The Morgan fingerprint density at radius 1 is 1.07 bits per heavy atom. The second-order valence-electron chi connectivity index (χ2n) is 3.30. The fourth-order valence-electron chi connectivity index (χ4n) is 1.39. The van der Waals surface area contributed by atoms with E-state index in [0.717, 1.165) is 0 Å². The van der Waals surface area contributed by atoms with Gasteiger partial charge in [-0.25, -0.2) is 0 Å². The molecule has 72 valence electrons. The van der Waals surface area contributed by atoms with Crippen LogP contribution in [0.25, 0.3) is 6.08 Å². The maximum Gasteiger partial charge on any atom is -0.0223 e. The van der Waals surface area contributed by atoms with Crippen molar-refractivity contribution in [3.8, 4) is 0 Å². The van der Waals surface area contributed by atoms with Crippen LogP contribution in [-0.2, 0) is 0 Å². The van der Waals surface area contributed by atoms with Gasteiger partial charge in [-0.1, -0.05) is 36.4 Å². The van der Waals surface area contributed by atoms with Gasteiger partial charge in [0.1, 0.15) is 0 Å². The molecule has 0 nitrogen and oxygen atoms in total. The molecule has 0 atom stereocenters. The first-order valence-electron chi connectivity index (χ1n) is 4.72. The SMILES string of the molecule is Cc1ccccc1C=C[SH]1C=CC=C1. The van der Waals surface area contributed by atoms with Crippen LogP contribution in [0.2, 0.25) is 0 Å². The van der Waals surface area contributed by atoms with E-state index < -0.39 is 0 Å². The van der Waals surface area contributed by atoms with E-state index in [2.05, 4.69) is 65.6 Å². The van der Waals surface area contributed by atoms with E-state index in [1.165, 1.54) is 11.1 Å². The highest BCUT2D eigenvalue weighted by Gasteiger charge is 1.94. The molecule has 0 bridgehead atoms. The van der Waals surface area contributed by atoms with Gasteiger partial charge in [-0.05, 0) is 40.4 Å². The lowest BCUT2D eigenvalue weighted by atomic mass is 10.1. The smallest absolute Gasteiger partial charge is 0.0223 e. The summed E-state index contributed by atoms with van der Waals surface area (Å²) in [7, 11) is -0.123. The van der Waals surface area contributed by atoms with Gasteiger partial charge >= 0.3 is 0 Å². The van der Waals surface area contributed by atoms with Crippen LogP contribution in [0.3, 0.4) is 0 Å². The fourth-order valence-corrected chi connectivity index (χ4v) is 2.61. The van der Waals surface area contributed by atoms with Crippen molar-refractivity contribution in [2.45, 2.75) is 6.92 Å². The van der Waals surface area contributed by atoms with Crippen LogP contribution in [0.1, 0.15) is 11.1 Å². The lowest BCUT2D eigenvalue weighted by Crippen LogP contribution is -1.77. The fraction of sp³-hybridized carbons (Fsp3) is 0.0769. The number of thiol groups is 1. The molecule has 0 amide bonds. The number of hydrogen-bond donors (Lipinski definition) is 1. The first-order valence-corrected chi connectivity index (χ1v) is 6.27. The van der Waals surface area contributed by atoms with E-state index in [9.17, 15) is 0 Å². The molecular formula is C13H14S. The third-order valence-electron chi connectivity index (χ3n) is 2.24. The van der Waals surface area contributed by atoms with E-state index in [1.807, 2.05) is 0 Å². The van der Waals surface area contributed by atoms with Crippen molar-refractivity contribution < 1.29 is 0 Å². The summed E-state index contributed by atoms with van der Waals surface area (Å²) in [5.74, 6) is 0. The first-order chi connectivity index (χ1) is 6.86. The number of aryl methyl sites for hydroxylation is 1. The Bertz CT molecular complexity index is 387. The van der Waals surface area contributed by atoms with Crippen LogP contribution in [0.4, 0.5) is 0 Å². The quantitative estimate of drug-likeness (QED) is 0.688. The second-order valence-corrected chi connectivity index (χ2v) is 5.09. The van der Waals surface area contributed by atoms with Crippen molar-refractivity contribution in [2.24, 2.45) is 0 Å². The number of rotatable bonds is 2. The molecule has 1 aliphatic heterocycles. The van der Waals surface area contributed by atoms with E-state index in [0.29, 0.717) is 0 Å². The standard InChI is InChI=1S/C13H14S/c1-12-6-2-3-7-13(12)8-11-14-9-4-5-10-14/h2-11,14H,1H3. The summed E-state index contributed by atoms with van der Waals surface area (Å²) in [4.78, 5) is 0. The third kappa shape index (κ3) is 2.18. The van der Waals surface area contributed by atoms with Crippen molar-refractivity contribution in [3.05, 3.63) is 63.8 Å². The van der Waals surface area contributed by atoms with Gasteiger partial charge in [0, 0.05) is 0 Å². The third-order valence-corrected chi connectivity index (χ3v) is 3.77. The van der Waals surface area contributed by atoms with Crippen molar-refractivity contribution >= 4 is 17.0 Å². The lowest BCUT2D eigenvalue weighted by Gasteiger charge is -2.02. The summed E-state index contributed by atoms with van der Waals surface area (Å²) < 4.78 is 0. The molecule has 0 fully saturated rings. The first kappa shape index (κ1) is 9.35. The Morgan fingerprint density at radius 3 is 2.50 bits per heavy atom. The molecule has 0 aliphatic carbocycles. The van der Waals surface area contributed by atoms with Gasteiger partial charge in [0.05, 0.1) is 0 Å². The highest BCUT2D eigenvalue weighted by atomic mass is 32.2. The molecule has 1 aromatic carbocycles. The number of benzene rings is 1. The molecule has 0 aromatic heterocycles. The molecule has 0 spiro atoms. The Kier molecular flexibility index (Phi) is 2.90. The van der Waals surface area contributed by atoms with Crippen LogP contribution >= 0.6 is 10.9 Å². The van der Waals surface area contributed by atoms with Gasteiger partial charge in [-0.15, -0.1) is 0 Å². The van der Waals surface area contributed by atoms with E-state index in [4.69, 9.17) is 0 Å². The molecule has 0 unspecified atom stereocenters. The summed E-state index contributed by atoms with van der Waals surface area (Å²) >= 11 is 0. The van der Waals surface area contributed by atoms with Gasteiger partial charge in [-0.2, -0.15) is 10.9 Å². The van der Waals surface area contributed by atoms with E-state index in [-0.39, 0.29) is 10.9 Å². The Morgan fingerprint density at radius 2 is 1.79 bits per heavy atom. The zero-order valence-corrected chi connectivity index (χ0v) is 9.12.